The molecule has 1 aromatic heterocycles. The Morgan fingerprint density at radius 3 is 2.43 bits per heavy atom. The monoisotopic (exact) mass is 498 g/mol. The number of nitrogens with one attached hydrogen (secondary N) is 1. The van der Waals surface area contributed by atoms with E-state index in [0.717, 1.165) is 22.5 Å². The molecule has 1 heterocycles. The Morgan fingerprint density at radius 1 is 0.973 bits per heavy atom. The molecule has 190 valence electrons. The molecule has 2 amide bonds. The second kappa shape index (κ2) is 12.0. The summed E-state index contributed by atoms with van der Waals surface area (Å²) in [4.78, 5) is 32.6. The second-order valence-electron chi connectivity index (χ2n) is 8.52. The number of carbonyl (C=O) groups excluding carboxylic acids is 2. The second-order valence-corrected chi connectivity index (χ2v) is 8.52. The Morgan fingerprint density at radius 2 is 1.73 bits per heavy atom. The summed E-state index contributed by atoms with van der Waals surface area (Å²) in [5, 5.41) is 2.90. The SMILES string of the molecule is COCCN(CC(=O)Nc1nc(-c2ccccc2)cn1-c1ccc(C)cc1)C(=O)c1cccc(OC)c1. The molecule has 0 radical (unpaired) electrons. The third-order valence-electron chi connectivity index (χ3n) is 5.84. The van der Waals surface area contributed by atoms with Crippen molar-refractivity contribution in [3.63, 3.8) is 0 Å². The van der Waals surface area contributed by atoms with E-state index in [1.165, 1.54) is 4.90 Å². The number of nitrogens with zero attached hydrogens (tertiary/aromatic N) is 3. The number of methoxy groups -OCH3 is 2. The van der Waals surface area contributed by atoms with Gasteiger partial charge in [0.25, 0.3) is 5.91 Å². The van der Waals surface area contributed by atoms with Crippen molar-refractivity contribution >= 4 is 17.8 Å². The van der Waals surface area contributed by atoms with Crippen molar-refractivity contribution in [3.8, 4) is 22.7 Å². The summed E-state index contributed by atoms with van der Waals surface area (Å²) in [5.74, 6) is 0.271. The van der Waals surface area contributed by atoms with Crippen molar-refractivity contribution in [1.29, 1.82) is 0 Å². The number of anilines is 1. The number of hydrogen-bond acceptors (Lipinski definition) is 5. The molecule has 0 spiro atoms. The van der Waals surface area contributed by atoms with Crippen LogP contribution >= 0.6 is 0 Å². The van der Waals surface area contributed by atoms with Crippen LogP contribution in [0.4, 0.5) is 5.95 Å². The molecule has 3 aromatic carbocycles. The van der Waals surface area contributed by atoms with Crippen LogP contribution in [0.3, 0.4) is 0 Å². The number of amides is 2. The first-order valence-corrected chi connectivity index (χ1v) is 11.9. The lowest BCUT2D eigenvalue weighted by Gasteiger charge is -2.22. The van der Waals surface area contributed by atoms with Gasteiger partial charge in [-0.15, -0.1) is 0 Å². The number of rotatable bonds is 10. The summed E-state index contributed by atoms with van der Waals surface area (Å²) in [6, 6.07) is 24.5. The number of aryl methyl sites for hydroxylation is 1. The molecular weight excluding hydrogens is 468 g/mol. The predicted octanol–water partition coefficient (Wildman–Crippen LogP) is 4.58. The van der Waals surface area contributed by atoms with Crippen molar-refractivity contribution in [1.82, 2.24) is 14.5 Å². The van der Waals surface area contributed by atoms with Gasteiger partial charge in [0.1, 0.15) is 12.3 Å². The van der Waals surface area contributed by atoms with E-state index in [-0.39, 0.29) is 24.9 Å². The molecule has 4 rings (SSSR count). The van der Waals surface area contributed by atoms with Crippen LogP contribution in [0, 0.1) is 6.92 Å². The van der Waals surface area contributed by atoms with E-state index in [1.54, 1.807) is 38.5 Å². The molecule has 37 heavy (non-hydrogen) atoms. The first-order chi connectivity index (χ1) is 18.0. The molecule has 0 unspecified atom stereocenters. The normalized spacial score (nSPS) is 10.7. The van der Waals surface area contributed by atoms with Gasteiger partial charge >= 0.3 is 0 Å². The van der Waals surface area contributed by atoms with E-state index >= 15 is 0 Å². The fourth-order valence-corrected chi connectivity index (χ4v) is 3.85. The average Bonchev–Trinajstić information content (AvgIpc) is 3.35. The van der Waals surface area contributed by atoms with Gasteiger partial charge in [-0.1, -0.05) is 54.1 Å². The Kier molecular flexibility index (Phi) is 8.33. The number of ether oxygens (including phenoxy) is 2. The van der Waals surface area contributed by atoms with Crippen LogP contribution in [0.5, 0.6) is 5.75 Å². The van der Waals surface area contributed by atoms with Gasteiger partial charge in [0.15, 0.2) is 0 Å². The summed E-state index contributed by atoms with van der Waals surface area (Å²) < 4.78 is 12.3. The minimum atomic E-state index is -0.370. The minimum absolute atomic E-state index is 0.166. The molecule has 0 fully saturated rings. The molecule has 0 aliphatic heterocycles. The highest BCUT2D eigenvalue weighted by Gasteiger charge is 2.21. The molecule has 0 atom stereocenters. The van der Waals surface area contributed by atoms with Crippen LogP contribution in [0.1, 0.15) is 15.9 Å². The Hall–Kier alpha value is -4.43. The number of imidazole rings is 1. The zero-order chi connectivity index (χ0) is 26.2. The van der Waals surface area contributed by atoms with Crippen LogP contribution in [0.15, 0.2) is 85.1 Å². The summed E-state index contributed by atoms with van der Waals surface area (Å²) in [5.41, 5.74) is 4.07. The molecule has 0 bridgehead atoms. The average molecular weight is 499 g/mol. The molecule has 8 heteroatoms. The van der Waals surface area contributed by atoms with Gasteiger partial charge in [-0.2, -0.15) is 0 Å². The summed E-state index contributed by atoms with van der Waals surface area (Å²) >= 11 is 0. The standard InChI is InChI=1S/C29H30N4O4/c1-21-12-14-24(15-13-21)33-19-26(22-8-5-4-6-9-22)30-29(33)31-27(34)20-32(16-17-36-2)28(35)23-10-7-11-25(18-23)37-3/h4-15,18-19H,16-17,20H2,1-3H3,(H,30,31,34). The third-order valence-corrected chi connectivity index (χ3v) is 5.84. The lowest BCUT2D eigenvalue weighted by Crippen LogP contribution is -2.40. The van der Waals surface area contributed by atoms with Crippen LogP contribution in [0.2, 0.25) is 0 Å². The van der Waals surface area contributed by atoms with Crippen molar-refractivity contribution in [2.24, 2.45) is 0 Å². The van der Waals surface area contributed by atoms with E-state index in [4.69, 9.17) is 14.5 Å². The predicted molar refractivity (Wildman–Crippen MR) is 143 cm³/mol. The zero-order valence-corrected chi connectivity index (χ0v) is 21.2. The fraction of sp³-hybridized carbons (Fsp3) is 0.207. The Balaban J connectivity index is 1.59. The lowest BCUT2D eigenvalue weighted by atomic mass is 10.2. The maximum atomic E-state index is 13.2. The van der Waals surface area contributed by atoms with Crippen LogP contribution in [0.25, 0.3) is 16.9 Å². The van der Waals surface area contributed by atoms with E-state index in [1.807, 2.05) is 72.3 Å². The van der Waals surface area contributed by atoms with Crippen molar-refractivity contribution in [2.45, 2.75) is 6.92 Å². The number of carbonyl (C=O) groups is 2. The van der Waals surface area contributed by atoms with E-state index < -0.39 is 0 Å². The van der Waals surface area contributed by atoms with Crippen molar-refractivity contribution < 1.29 is 19.1 Å². The Bertz CT molecular complexity index is 1350. The fourth-order valence-electron chi connectivity index (χ4n) is 3.85. The van der Waals surface area contributed by atoms with E-state index in [9.17, 15) is 9.59 Å². The van der Waals surface area contributed by atoms with E-state index in [2.05, 4.69) is 5.32 Å². The molecule has 8 nitrogen and oxygen atoms in total. The van der Waals surface area contributed by atoms with Gasteiger partial charge in [-0.25, -0.2) is 4.98 Å². The molecule has 0 aliphatic rings. The van der Waals surface area contributed by atoms with Crippen LogP contribution in [-0.4, -0.2) is 60.2 Å². The number of hydrogen-bond donors (Lipinski definition) is 1. The molecule has 4 aromatic rings. The zero-order valence-electron chi connectivity index (χ0n) is 21.2. The minimum Gasteiger partial charge on any atom is -0.497 e. The maximum absolute atomic E-state index is 13.2. The van der Waals surface area contributed by atoms with Gasteiger partial charge in [0.05, 0.1) is 19.4 Å². The number of aromatic nitrogens is 2. The van der Waals surface area contributed by atoms with Crippen molar-refractivity contribution in [2.75, 3.05) is 39.2 Å². The summed E-state index contributed by atoms with van der Waals surface area (Å²) in [6.07, 6.45) is 1.89. The lowest BCUT2D eigenvalue weighted by molar-refractivity contribution is -0.117. The van der Waals surface area contributed by atoms with Crippen LogP contribution in [-0.2, 0) is 9.53 Å². The quantitative estimate of drug-likeness (QED) is 0.346. The highest BCUT2D eigenvalue weighted by atomic mass is 16.5. The highest BCUT2D eigenvalue weighted by Crippen LogP contribution is 2.24. The third kappa shape index (κ3) is 6.42. The van der Waals surface area contributed by atoms with Gasteiger partial charge in [0.2, 0.25) is 11.9 Å². The maximum Gasteiger partial charge on any atom is 0.254 e. The first kappa shape index (κ1) is 25.7. The molecular formula is C29H30N4O4. The van der Waals surface area contributed by atoms with Gasteiger partial charge in [0, 0.05) is 36.7 Å². The smallest absolute Gasteiger partial charge is 0.254 e. The highest BCUT2D eigenvalue weighted by molar-refractivity contribution is 5.99. The molecule has 0 saturated carbocycles. The molecule has 0 saturated heterocycles. The van der Waals surface area contributed by atoms with Crippen LogP contribution < -0.4 is 10.1 Å². The largest absolute Gasteiger partial charge is 0.497 e. The van der Waals surface area contributed by atoms with Gasteiger partial charge in [-0.05, 0) is 37.3 Å². The topological polar surface area (TPSA) is 85.7 Å². The first-order valence-electron chi connectivity index (χ1n) is 11.9. The summed E-state index contributed by atoms with van der Waals surface area (Å²) in [6.45, 7) is 2.39. The molecule has 0 aliphatic carbocycles. The van der Waals surface area contributed by atoms with E-state index in [0.29, 0.717) is 23.9 Å². The van der Waals surface area contributed by atoms with Gasteiger partial charge < -0.3 is 14.4 Å². The Labute approximate surface area is 216 Å². The van der Waals surface area contributed by atoms with Gasteiger partial charge in [-0.3, -0.25) is 19.5 Å². The van der Waals surface area contributed by atoms with Crippen molar-refractivity contribution in [3.05, 3.63) is 96.2 Å². The molecule has 1 N–H and O–H groups in total. The number of benzene rings is 3. The summed E-state index contributed by atoms with van der Waals surface area (Å²) in [7, 11) is 3.09.